The highest BCUT2D eigenvalue weighted by Crippen LogP contribution is 2.40. The largest absolute Gasteiger partial charge is 0.488 e. The molecule has 29 heavy (non-hydrogen) atoms. The van der Waals surface area contributed by atoms with Gasteiger partial charge in [-0.15, -0.1) is 0 Å². The van der Waals surface area contributed by atoms with Gasteiger partial charge < -0.3 is 30.2 Å². The molecule has 1 atom stereocenters. The monoisotopic (exact) mass is 401 g/mol. The van der Waals surface area contributed by atoms with Crippen LogP contribution in [0.1, 0.15) is 25.3 Å². The predicted molar refractivity (Wildman–Crippen MR) is 114 cm³/mol. The molecule has 0 bridgehead atoms. The van der Waals surface area contributed by atoms with E-state index in [9.17, 15) is 0 Å². The summed E-state index contributed by atoms with van der Waals surface area (Å²) in [7, 11) is 3.46. The maximum absolute atomic E-state index is 8.51. The van der Waals surface area contributed by atoms with E-state index in [0.717, 1.165) is 18.7 Å². The van der Waals surface area contributed by atoms with Crippen LogP contribution >= 0.6 is 0 Å². The molecular formula is C21H31N5O3. The molecule has 2 aliphatic rings. The topological polar surface area (TPSA) is 117 Å². The molecule has 2 fully saturated rings. The van der Waals surface area contributed by atoms with Crippen LogP contribution in [0.25, 0.3) is 0 Å². The summed E-state index contributed by atoms with van der Waals surface area (Å²) < 4.78 is 16.9. The number of morpholine rings is 1. The SMILES string of the molecule is CN/C(=C\C(=N)C(=N)c1cc(OC2(C)CC2)ccc1N)N1CCOC(COC)C1. The lowest BCUT2D eigenvalue weighted by Crippen LogP contribution is -2.46. The van der Waals surface area contributed by atoms with Gasteiger partial charge in [-0.3, -0.25) is 10.8 Å². The van der Waals surface area contributed by atoms with Crippen LogP contribution in [0.3, 0.4) is 0 Å². The molecule has 1 saturated carbocycles. The first-order valence-electron chi connectivity index (χ1n) is 9.86. The fourth-order valence-electron chi connectivity index (χ4n) is 3.28. The standard InChI is InChI=1S/C21H31N5O3/c1-21(6-7-21)29-14-4-5-17(22)16(10-14)20(24)18(23)11-19(25-2)26-8-9-28-15(12-26)13-27-3/h4-5,10-11,15,23-25H,6-9,12-13,22H2,1-3H3/b19-11+,23-18?,24-20?. The Labute approximate surface area is 172 Å². The number of nitrogens with one attached hydrogen (secondary N) is 3. The number of anilines is 1. The Morgan fingerprint density at radius 1 is 1.41 bits per heavy atom. The van der Waals surface area contributed by atoms with Crippen molar-refractivity contribution >= 4 is 17.1 Å². The highest BCUT2D eigenvalue weighted by Gasteiger charge is 2.40. The third-order valence-corrected chi connectivity index (χ3v) is 5.25. The van der Waals surface area contributed by atoms with Gasteiger partial charge in [0.2, 0.25) is 0 Å². The van der Waals surface area contributed by atoms with Gasteiger partial charge in [0, 0.05) is 44.6 Å². The number of ether oxygens (including phenoxy) is 3. The van der Waals surface area contributed by atoms with E-state index < -0.39 is 0 Å². The minimum Gasteiger partial charge on any atom is -0.488 e. The third-order valence-electron chi connectivity index (χ3n) is 5.25. The van der Waals surface area contributed by atoms with Gasteiger partial charge in [0.25, 0.3) is 0 Å². The zero-order valence-electron chi connectivity index (χ0n) is 17.4. The number of allylic oxidation sites excluding steroid dienone is 1. The van der Waals surface area contributed by atoms with Crippen molar-refractivity contribution in [3.63, 3.8) is 0 Å². The number of hydrogen-bond donors (Lipinski definition) is 4. The number of methoxy groups -OCH3 is 1. The number of rotatable bonds is 9. The number of nitrogen functional groups attached to an aromatic ring is 1. The molecule has 0 aromatic heterocycles. The highest BCUT2D eigenvalue weighted by molar-refractivity contribution is 6.50. The van der Waals surface area contributed by atoms with Crippen molar-refractivity contribution in [1.82, 2.24) is 10.2 Å². The van der Waals surface area contributed by atoms with Gasteiger partial charge in [-0.2, -0.15) is 0 Å². The van der Waals surface area contributed by atoms with Crippen LogP contribution < -0.4 is 15.8 Å². The van der Waals surface area contributed by atoms with Crippen LogP contribution in [-0.2, 0) is 9.47 Å². The highest BCUT2D eigenvalue weighted by atomic mass is 16.5. The lowest BCUT2D eigenvalue weighted by Gasteiger charge is -2.35. The average molecular weight is 402 g/mol. The lowest BCUT2D eigenvalue weighted by atomic mass is 10.0. The molecule has 1 aliphatic carbocycles. The van der Waals surface area contributed by atoms with E-state index in [-0.39, 0.29) is 23.1 Å². The normalized spacial score (nSPS) is 20.9. The van der Waals surface area contributed by atoms with Gasteiger partial charge in [0.05, 0.1) is 30.7 Å². The van der Waals surface area contributed by atoms with Crippen molar-refractivity contribution in [3.8, 4) is 5.75 Å². The van der Waals surface area contributed by atoms with E-state index in [2.05, 4.69) is 17.1 Å². The summed E-state index contributed by atoms with van der Waals surface area (Å²) in [5.41, 5.74) is 7.07. The van der Waals surface area contributed by atoms with E-state index >= 15 is 0 Å². The molecule has 1 aromatic rings. The second-order valence-corrected chi connectivity index (χ2v) is 7.76. The van der Waals surface area contributed by atoms with E-state index in [0.29, 0.717) is 43.3 Å². The minimum atomic E-state index is -0.114. The maximum atomic E-state index is 8.51. The molecule has 158 valence electrons. The average Bonchev–Trinajstić information content (AvgIpc) is 3.44. The summed E-state index contributed by atoms with van der Waals surface area (Å²) in [5, 5.41) is 20.1. The zero-order chi connectivity index (χ0) is 21.0. The Morgan fingerprint density at radius 3 is 2.83 bits per heavy atom. The second-order valence-electron chi connectivity index (χ2n) is 7.76. The van der Waals surface area contributed by atoms with Crippen molar-refractivity contribution in [2.24, 2.45) is 0 Å². The van der Waals surface area contributed by atoms with E-state index in [1.54, 1.807) is 25.3 Å². The van der Waals surface area contributed by atoms with Crippen LogP contribution in [0.15, 0.2) is 30.1 Å². The van der Waals surface area contributed by atoms with Crippen LogP contribution in [0.2, 0.25) is 0 Å². The Balaban J connectivity index is 1.74. The van der Waals surface area contributed by atoms with Gasteiger partial charge in [-0.1, -0.05) is 0 Å². The summed E-state index contributed by atoms with van der Waals surface area (Å²) in [4.78, 5) is 2.10. The zero-order valence-corrected chi connectivity index (χ0v) is 17.4. The predicted octanol–water partition coefficient (Wildman–Crippen LogP) is 2.00. The number of benzene rings is 1. The van der Waals surface area contributed by atoms with Gasteiger partial charge >= 0.3 is 0 Å². The quantitative estimate of drug-likeness (QED) is 0.371. The molecule has 1 saturated heterocycles. The van der Waals surface area contributed by atoms with Crippen LogP contribution in [0, 0.1) is 10.8 Å². The van der Waals surface area contributed by atoms with Crippen molar-refractivity contribution in [1.29, 1.82) is 10.8 Å². The van der Waals surface area contributed by atoms with Gasteiger partial charge in [0.15, 0.2) is 0 Å². The molecule has 0 spiro atoms. The van der Waals surface area contributed by atoms with Gasteiger partial charge in [0.1, 0.15) is 17.2 Å². The maximum Gasteiger partial charge on any atom is 0.120 e. The molecule has 0 amide bonds. The van der Waals surface area contributed by atoms with Crippen LogP contribution in [0.4, 0.5) is 5.69 Å². The molecule has 1 heterocycles. The molecule has 5 N–H and O–H groups in total. The lowest BCUT2D eigenvalue weighted by molar-refractivity contribution is -0.0534. The molecule has 1 aromatic carbocycles. The smallest absolute Gasteiger partial charge is 0.120 e. The van der Waals surface area contributed by atoms with Crippen molar-refractivity contribution < 1.29 is 14.2 Å². The number of nitrogens with two attached hydrogens (primary N) is 1. The Bertz CT molecular complexity index is 802. The fraction of sp³-hybridized carbons (Fsp3) is 0.524. The first kappa shape index (κ1) is 21.1. The molecule has 0 radical (unpaired) electrons. The Kier molecular flexibility index (Phi) is 6.44. The first-order valence-corrected chi connectivity index (χ1v) is 9.86. The molecule has 1 unspecified atom stereocenters. The van der Waals surface area contributed by atoms with Crippen molar-refractivity contribution in [3.05, 3.63) is 35.7 Å². The van der Waals surface area contributed by atoms with Crippen LogP contribution in [-0.4, -0.2) is 68.5 Å². The Morgan fingerprint density at radius 2 is 2.17 bits per heavy atom. The van der Waals surface area contributed by atoms with Crippen molar-refractivity contribution in [2.45, 2.75) is 31.5 Å². The third kappa shape index (κ3) is 5.27. The summed E-state index contributed by atoms with van der Waals surface area (Å²) in [6, 6.07) is 5.31. The van der Waals surface area contributed by atoms with E-state index in [1.807, 2.05) is 13.1 Å². The molecular weight excluding hydrogens is 370 g/mol. The first-order chi connectivity index (χ1) is 13.8. The second kappa shape index (κ2) is 8.84. The van der Waals surface area contributed by atoms with Gasteiger partial charge in [-0.25, -0.2) is 0 Å². The summed E-state index contributed by atoms with van der Waals surface area (Å²) in [6.45, 7) is 4.53. The molecule has 3 rings (SSSR count). The summed E-state index contributed by atoms with van der Waals surface area (Å²) in [6.07, 6.45) is 3.69. The molecule has 8 nitrogen and oxygen atoms in total. The van der Waals surface area contributed by atoms with E-state index in [4.69, 9.17) is 30.8 Å². The summed E-state index contributed by atoms with van der Waals surface area (Å²) >= 11 is 0. The minimum absolute atomic E-state index is 0.0209. The number of nitrogens with zero attached hydrogens (tertiary/aromatic N) is 1. The molecule has 1 aliphatic heterocycles. The van der Waals surface area contributed by atoms with E-state index in [1.165, 1.54) is 0 Å². The van der Waals surface area contributed by atoms with Crippen LogP contribution in [0.5, 0.6) is 5.75 Å². The van der Waals surface area contributed by atoms with Gasteiger partial charge in [-0.05, 0) is 38.0 Å². The fourth-order valence-corrected chi connectivity index (χ4v) is 3.28. The number of hydrogen-bond acceptors (Lipinski definition) is 8. The summed E-state index contributed by atoms with van der Waals surface area (Å²) in [5.74, 6) is 1.45. The molecule has 8 heteroatoms. The Hall–Kier alpha value is -2.58. The van der Waals surface area contributed by atoms with Crippen molar-refractivity contribution in [2.75, 3.05) is 46.2 Å².